The summed E-state index contributed by atoms with van der Waals surface area (Å²) in [6, 6.07) is 7.10. The van der Waals surface area contributed by atoms with Crippen LogP contribution in [-0.4, -0.2) is 68.4 Å². The van der Waals surface area contributed by atoms with Gasteiger partial charge in [0.2, 0.25) is 18.3 Å². The Morgan fingerprint density at radius 2 is 1.87 bits per heavy atom. The first-order valence-electron chi connectivity index (χ1n) is 13.1. The summed E-state index contributed by atoms with van der Waals surface area (Å²) in [6.45, 7) is 5.29. The first-order valence-corrected chi connectivity index (χ1v) is 13.1. The molecule has 0 aromatic heterocycles. The maximum atomic E-state index is 14.3. The smallest absolute Gasteiger partial charge is 0.331 e. The first-order chi connectivity index (χ1) is 18.6. The number of fused-ring (bicyclic) bond motifs is 6. The van der Waals surface area contributed by atoms with Crippen LogP contribution in [-0.2, 0) is 14.3 Å². The molecule has 3 aliphatic heterocycles. The predicted octanol–water partition coefficient (Wildman–Crippen LogP) is 2.77. The Morgan fingerprint density at radius 3 is 2.59 bits per heavy atom. The van der Waals surface area contributed by atoms with E-state index < -0.39 is 54.4 Å². The number of benzene rings is 2. The van der Waals surface area contributed by atoms with Crippen LogP contribution in [0, 0.1) is 6.92 Å². The summed E-state index contributed by atoms with van der Waals surface area (Å²) in [5, 5.41) is 31.2. The molecule has 0 spiro atoms. The van der Waals surface area contributed by atoms with Crippen molar-refractivity contribution in [1.29, 1.82) is 0 Å². The van der Waals surface area contributed by atoms with E-state index in [1.165, 1.54) is 18.2 Å². The lowest BCUT2D eigenvalue weighted by Crippen LogP contribution is -2.48. The van der Waals surface area contributed by atoms with Crippen LogP contribution in [0.3, 0.4) is 0 Å². The molecule has 10 nitrogen and oxygen atoms in total. The lowest BCUT2D eigenvalue weighted by molar-refractivity contribution is -0.216. The van der Waals surface area contributed by atoms with Crippen molar-refractivity contribution < 1.29 is 43.9 Å². The Hall–Kier alpha value is -3.73. The van der Waals surface area contributed by atoms with Crippen molar-refractivity contribution in [2.45, 2.75) is 76.9 Å². The van der Waals surface area contributed by atoms with Crippen molar-refractivity contribution in [2.75, 3.05) is 0 Å². The number of carbonyl (C=O) groups excluding carboxylic acids is 3. The second kappa shape index (κ2) is 9.18. The molecule has 39 heavy (non-hydrogen) atoms. The highest BCUT2D eigenvalue weighted by molar-refractivity contribution is 6.41. The first kappa shape index (κ1) is 25.5. The van der Waals surface area contributed by atoms with Gasteiger partial charge in [0.25, 0.3) is 0 Å². The number of aryl methyl sites for hydroxylation is 1. The third-order valence-corrected chi connectivity index (χ3v) is 7.83. The minimum atomic E-state index is -1.09. The van der Waals surface area contributed by atoms with Gasteiger partial charge in [-0.1, -0.05) is 25.5 Å². The molecule has 2 saturated heterocycles. The van der Waals surface area contributed by atoms with Crippen LogP contribution in [0.25, 0.3) is 5.57 Å². The van der Waals surface area contributed by atoms with Gasteiger partial charge in [-0.05, 0) is 44.0 Å². The molecule has 3 N–H and O–H groups in total. The summed E-state index contributed by atoms with van der Waals surface area (Å²) < 4.78 is 17.4. The molecule has 6 atom stereocenters. The van der Waals surface area contributed by atoms with Crippen LogP contribution in [0.15, 0.2) is 36.0 Å². The number of aliphatic hydroxyl groups excluding tert-OH is 2. The SMILES string of the molecule is CCC[C@@H]1C(=O)O[C@@H]2c3cc(C)cc(O)c3C3=C(C(=O)c4c(O[C@H]5C[C@@H](O)[C@@H](O)[C@H](C)O5)cccc4C3=O)N12. The molecule has 204 valence electrons. The number of ether oxygens (including phenoxy) is 3. The van der Waals surface area contributed by atoms with E-state index in [9.17, 15) is 29.7 Å². The Bertz CT molecular complexity index is 1430. The van der Waals surface area contributed by atoms with Gasteiger partial charge in [-0.2, -0.15) is 0 Å². The number of allylic oxidation sites excluding steroid dienone is 2. The number of rotatable bonds is 4. The molecule has 2 aromatic rings. The van der Waals surface area contributed by atoms with E-state index in [1.807, 2.05) is 6.92 Å². The van der Waals surface area contributed by atoms with Gasteiger partial charge in [0.15, 0.2) is 5.78 Å². The van der Waals surface area contributed by atoms with Crippen LogP contribution in [0.4, 0.5) is 0 Å². The molecule has 10 heteroatoms. The summed E-state index contributed by atoms with van der Waals surface area (Å²) in [5.41, 5.74) is 1.44. The highest BCUT2D eigenvalue weighted by Crippen LogP contribution is 2.52. The van der Waals surface area contributed by atoms with Crippen molar-refractivity contribution in [3.05, 3.63) is 63.8 Å². The Morgan fingerprint density at radius 1 is 1.10 bits per heavy atom. The molecule has 2 fully saturated rings. The van der Waals surface area contributed by atoms with E-state index in [4.69, 9.17) is 14.2 Å². The molecule has 4 aliphatic rings. The molecule has 6 rings (SSSR count). The minimum Gasteiger partial charge on any atom is -0.507 e. The highest BCUT2D eigenvalue weighted by atomic mass is 16.7. The van der Waals surface area contributed by atoms with Crippen LogP contribution < -0.4 is 4.74 Å². The van der Waals surface area contributed by atoms with Crippen molar-refractivity contribution in [3.8, 4) is 11.5 Å². The largest absolute Gasteiger partial charge is 0.507 e. The Labute approximate surface area is 224 Å². The topological polar surface area (TPSA) is 143 Å². The zero-order chi connectivity index (χ0) is 27.7. The Kier molecular flexibility index (Phi) is 6.01. The van der Waals surface area contributed by atoms with E-state index in [2.05, 4.69) is 0 Å². The van der Waals surface area contributed by atoms with Gasteiger partial charge in [-0.25, -0.2) is 4.79 Å². The van der Waals surface area contributed by atoms with Crippen molar-refractivity contribution in [2.24, 2.45) is 0 Å². The number of aromatic hydroxyl groups is 1. The highest BCUT2D eigenvalue weighted by Gasteiger charge is 2.53. The number of phenolic OH excluding ortho intramolecular Hbond substituents is 1. The summed E-state index contributed by atoms with van der Waals surface area (Å²) in [4.78, 5) is 43.0. The number of phenols is 1. The van der Waals surface area contributed by atoms with Crippen molar-refractivity contribution in [1.82, 2.24) is 4.90 Å². The van der Waals surface area contributed by atoms with Crippen LogP contribution in [0.1, 0.15) is 76.7 Å². The molecular weight excluding hydrogens is 506 g/mol. The van der Waals surface area contributed by atoms with Crippen molar-refractivity contribution in [3.63, 3.8) is 0 Å². The summed E-state index contributed by atoms with van der Waals surface area (Å²) in [6.07, 6.45) is -3.83. The van der Waals surface area contributed by atoms with Crippen molar-refractivity contribution >= 4 is 23.1 Å². The minimum absolute atomic E-state index is 0.00140. The second-order valence-corrected chi connectivity index (χ2v) is 10.5. The zero-order valence-corrected chi connectivity index (χ0v) is 21.7. The standard InChI is InChI=1S/C29H29NO9/c1-4-6-16-29(36)39-28-15-9-12(2)10-17(31)21(15)23-24(30(16)28)27(35)22-14(26(23)34)7-5-8-19(22)38-20-11-18(32)25(33)13(3)37-20/h5,7-10,13,16,18,20,25,28,31-33H,4,6,11H2,1-3H3/t13-,16+,18+,20-,25-,28+/m0/s1. The van der Waals surface area contributed by atoms with Gasteiger partial charge in [0.1, 0.15) is 29.3 Å². The molecule has 0 unspecified atom stereocenters. The normalized spacial score (nSPS) is 29.5. The number of nitrogens with zero attached hydrogens (tertiary/aromatic N) is 1. The number of carbonyl (C=O) groups is 3. The van der Waals surface area contributed by atoms with E-state index in [0.29, 0.717) is 24.0 Å². The summed E-state index contributed by atoms with van der Waals surface area (Å²) >= 11 is 0. The quantitative estimate of drug-likeness (QED) is 0.500. The molecular formula is C29H29NO9. The van der Waals surface area contributed by atoms with E-state index >= 15 is 0 Å². The van der Waals surface area contributed by atoms with E-state index in [-0.39, 0.29) is 45.9 Å². The molecule has 3 heterocycles. The molecule has 0 saturated carbocycles. The fourth-order valence-electron chi connectivity index (χ4n) is 6.05. The summed E-state index contributed by atoms with van der Waals surface area (Å²) in [5.74, 6) is -1.65. The average Bonchev–Trinajstić information content (AvgIpc) is 3.21. The van der Waals surface area contributed by atoms with E-state index in [0.717, 1.165) is 0 Å². The number of ketones is 2. The van der Waals surface area contributed by atoms with Crippen LogP contribution in [0.2, 0.25) is 0 Å². The molecule has 2 aromatic carbocycles. The second-order valence-electron chi connectivity index (χ2n) is 10.5. The lowest BCUT2D eigenvalue weighted by Gasteiger charge is -2.39. The number of esters is 1. The lowest BCUT2D eigenvalue weighted by atomic mass is 9.78. The molecule has 0 amide bonds. The fraction of sp³-hybridized carbons (Fsp3) is 0.414. The zero-order valence-electron chi connectivity index (χ0n) is 21.7. The fourth-order valence-corrected chi connectivity index (χ4v) is 6.05. The van der Waals surface area contributed by atoms with Gasteiger partial charge < -0.3 is 34.4 Å². The average molecular weight is 536 g/mol. The molecule has 0 radical (unpaired) electrons. The van der Waals surface area contributed by atoms with Gasteiger partial charge in [0, 0.05) is 23.1 Å². The number of hydrogen-bond donors (Lipinski definition) is 3. The van der Waals surface area contributed by atoms with Gasteiger partial charge >= 0.3 is 5.97 Å². The van der Waals surface area contributed by atoms with Crippen LogP contribution >= 0.6 is 0 Å². The molecule has 0 bridgehead atoms. The number of Topliss-reactive ketones (excluding diaryl/α,β-unsaturated/α-hetero) is 2. The number of aliphatic hydroxyl groups is 2. The third kappa shape index (κ3) is 3.77. The summed E-state index contributed by atoms with van der Waals surface area (Å²) in [7, 11) is 0. The third-order valence-electron chi connectivity index (χ3n) is 7.83. The number of hydrogen-bond acceptors (Lipinski definition) is 10. The maximum Gasteiger partial charge on any atom is 0.331 e. The van der Waals surface area contributed by atoms with Gasteiger partial charge in [0.05, 0.1) is 23.3 Å². The van der Waals surface area contributed by atoms with Gasteiger partial charge in [-0.3, -0.25) is 9.59 Å². The monoisotopic (exact) mass is 535 g/mol. The van der Waals surface area contributed by atoms with E-state index in [1.54, 1.807) is 30.9 Å². The maximum absolute atomic E-state index is 14.3. The predicted molar refractivity (Wildman–Crippen MR) is 136 cm³/mol. The van der Waals surface area contributed by atoms with Crippen LogP contribution in [0.5, 0.6) is 11.5 Å². The molecule has 1 aliphatic carbocycles. The Balaban J connectivity index is 1.51. The van der Waals surface area contributed by atoms with Gasteiger partial charge in [-0.15, -0.1) is 0 Å².